The molecule has 1 N–H and O–H groups in total. The fourth-order valence-electron chi connectivity index (χ4n) is 3.28. The van der Waals surface area contributed by atoms with E-state index in [4.69, 9.17) is 4.74 Å². The minimum Gasteiger partial charge on any atom is -0.465 e. The Morgan fingerprint density at radius 1 is 1.23 bits per heavy atom. The van der Waals surface area contributed by atoms with Crippen LogP contribution in [0.4, 0.5) is 11.4 Å². The molecular formula is C20H24N2O3S. The molecule has 1 aromatic carbocycles. The smallest absolute Gasteiger partial charge is 0.337 e. The van der Waals surface area contributed by atoms with Crippen molar-refractivity contribution in [2.75, 3.05) is 30.4 Å². The number of anilines is 2. The van der Waals surface area contributed by atoms with E-state index < -0.39 is 5.97 Å². The van der Waals surface area contributed by atoms with Gasteiger partial charge in [-0.2, -0.15) is 0 Å². The molecule has 1 aliphatic heterocycles. The van der Waals surface area contributed by atoms with Crippen molar-refractivity contribution in [1.82, 2.24) is 0 Å². The number of hydrogen-bond acceptors (Lipinski definition) is 5. The molecule has 3 rings (SSSR count). The number of methoxy groups -OCH3 is 1. The number of ether oxygens (including phenoxy) is 1. The molecule has 0 aliphatic carbocycles. The van der Waals surface area contributed by atoms with Crippen molar-refractivity contribution >= 4 is 34.6 Å². The van der Waals surface area contributed by atoms with Crippen LogP contribution in [0.2, 0.25) is 0 Å². The van der Waals surface area contributed by atoms with Crippen LogP contribution in [0.1, 0.15) is 50.2 Å². The van der Waals surface area contributed by atoms with Gasteiger partial charge in [0.05, 0.1) is 28.9 Å². The number of thiophene rings is 1. The molecule has 5 nitrogen and oxygen atoms in total. The van der Waals surface area contributed by atoms with Gasteiger partial charge in [0.1, 0.15) is 0 Å². The van der Waals surface area contributed by atoms with Crippen LogP contribution in [0.15, 0.2) is 24.3 Å². The fraction of sp³-hybridized carbons (Fsp3) is 0.400. The predicted molar refractivity (Wildman–Crippen MR) is 106 cm³/mol. The average Bonchev–Trinajstić information content (AvgIpc) is 3.30. The summed E-state index contributed by atoms with van der Waals surface area (Å²) in [6, 6.07) is 7.28. The number of nitrogens with zero attached hydrogens (tertiary/aromatic N) is 1. The first-order valence-corrected chi connectivity index (χ1v) is 9.73. The van der Waals surface area contributed by atoms with Gasteiger partial charge in [-0.25, -0.2) is 4.79 Å². The lowest BCUT2D eigenvalue weighted by atomic mass is 10.1. The summed E-state index contributed by atoms with van der Waals surface area (Å²) in [6.45, 7) is 6.03. The van der Waals surface area contributed by atoms with Crippen molar-refractivity contribution in [2.45, 2.75) is 33.1 Å². The molecule has 1 aromatic heterocycles. The number of amides is 1. The summed E-state index contributed by atoms with van der Waals surface area (Å²) in [7, 11) is 1.36. The first-order chi connectivity index (χ1) is 12.5. The molecule has 1 amide bonds. The molecule has 0 spiro atoms. The van der Waals surface area contributed by atoms with Crippen LogP contribution in [0.5, 0.6) is 0 Å². The van der Waals surface area contributed by atoms with Crippen LogP contribution < -0.4 is 10.2 Å². The highest BCUT2D eigenvalue weighted by atomic mass is 32.1. The third kappa shape index (κ3) is 3.75. The van der Waals surface area contributed by atoms with Gasteiger partial charge in [0, 0.05) is 18.0 Å². The lowest BCUT2D eigenvalue weighted by Gasteiger charge is -2.22. The quantitative estimate of drug-likeness (QED) is 0.797. The third-order valence-electron chi connectivity index (χ3n) is 4.68. The first-order valence-electron chi connectivity index (χ1n) is 8.91. The second kappa shape index (κ2) is 7.91. The Hall–Kier alpha value is -2.34. The van der Waals surface area contributed by atoms with E-state index in [9.17, 15) is 9.59 Å². The maximum Gasteiger partial charge on any atom is 0.337 e. The Balaban J connectivity index is 1.92. The van der Waals surface area contributed by atoms with E-state index in [-0.39, 0.29) is 5.91 Å². The second-order valence-corrected chi connectivity index (χ2v) is 7.58. The Bertz CT molecular complexity index is 822. The fourth-order valence-corrected chi connectivity index (χ4v) is 4.29. The zero-order chi connectivity index (χ0) is 18.7. The van der Waals surface area contributed by atoms with Crippen molar-refractivity contribution in [3.05, 3.63) is 45.1 Å². The molecule has 1 aliphatic rings. The van der Waals surface area contributed by atoms with E-state index in [2.05, 4.69) is 17.1 Å². The number of rotatable bonds is 5. The van der Waals surface area contributed by atoms with Gasteiger partial charge in [0.25, 0.3) is 5.91 Å². The summed E-state index contributed by atoms with van der Waals surface area (Å²) in [4.78, 5) is 28.8. The normalized spacial score (nSPS) is 13.7. The van der Waals surface area contributed by atoms with Crippen LogP contribution >= 0.6 is 11.3 Å². The van der Waals surface area contributed by atoms with Crippen molar-refractivity contribution in [2.24, 2.45) is 0 Å². The van der Waals surface area contributed by atoms with E-state index in [1.807, 2.05) is 19.1 Å². The number of esters is 1. The molecule has 138 valence electrons. The third-order valence-corrected chi connectivity index (χ3v) is 6.06. The molecule has 2 aromatic rings. The Morgan fingerprint density at radius 3 is 2.58 bits per heavy atom. The minimum atomic E-state index is -0.409. The van der Waals surface area contributed by atoms with E-state index in [1.54, 1.807) is 12.1 Å². The topological polar surface area (TPSA) is 58.6 Å². The largest absolute Gasteiger partial charge is 0.465 e. The zero-order valence-electron chi connectivity index (χ0n) is 15.4. The van der Waals surface area contributed by atoms with E-state index in [0.717, 1.165) is 43.6 Å². The van der Waals surface area contributed by atoms with Gasteiger partial charge >= 0.3 is 5.97 Å². The van der Waals surface area contributed by atoms with Crippen LogP contribution in [0.3, 0.4) is 0 Å². The molecule has 6 heteroatoms. The summed E-state index contributed by atoms with van der Waals surface area (Å²) >= 11 is 1.52. The average molecular weight is 372 g/mol. The SMILES string of the molecule is CCc1sc(C(=O)Nc2cc(C(=O)OC)ccc2N2CCCC2)cc1C. The number of benzene rings is 1. The molecule has 0 unspecified atom stereocenters. The van der Waals surface area contributed by atoms with E-state index in [1.165, 1.54) is 23.3 Å². The molecule has 0 atom stereocenters. The summed E-state index contributed by atoms with van der Waals surface area (Å²) in [6.07, 6.45) is 3.19. The Labute approximate surface area is 158 Å². The summed E-state index contributed by atoms with van der Waals surface area (Å²) in [5, 5.41) is 3.01. The molecular weight excluding hydrogens is 348 g/mol. The van der Waals surface area contributed by atoms with Crippen molar-refractivity contribution < 1.29 is 14.3 Å². The van der Waals surface area contributed by atoms with Crippen LogP contribution in [-0.4, -0.2) is 32.1 Å². The highest BCUT2D eigenvalue weighted by Gasteiger charge is 2.20. The standard InChI is InChI=1S/C20H24N2O3S/c1-4-17-13(2)11-18(26-17)19(23)21-15-12-14(20(24)25-3)7-8-16(15)22-9-5-6-10-22/h7-8,11-12H,4-6,9-10H2,1-3H3,(H,21,23). The second-order valence-electron chi connectivity index (χ2n) is 6.44. The van der Waals surface area contributed by atoms with Crippen LogP contribution in [0.25, 0.3) is 0 Å². The van der Waals surface area contributed by atoms with Crippen LogP contribution in [-0.2, 0) is 11.2 Å². The van der Waals surface area contributed by atoms with Gasteiger partial charge in [0.15, 0.2) is 0 Å². The van der Waals surface area contributed by atoms with Crippen molar-refractivity contribution in [3.63, 3.8) is 0 Å². The lowest BCUT2D eigenvalue weighted by molar-refractivity contribution is 0.0600. The molecule has 26 heavy (non-hydrogen) atoms. The Kier molecular flexibility index (Phi) is 5.61. The summed E-state index contributed by atoms with van der Waals surface area (Å²) in [5.41, 5.74) is 3.18. The number of hydrogen-bond donors (Lipinski definition) is 1. The molecule has 1 saturated heterocycles. The number of carbonyl (C=O) groups excluding carboxylic acids is 2. The first kappa shape index (κ1) is 18.5. The zero-order valence-corrected chi connectivity index (χ0v) is 16.2. The monoisotopic (exact) mass is 372 g/mol. The van der Waals surface area contributed by atoms with Gasteiger partial charge in [-0.1, -0.05) is 6.92 Å². The van der Waals surface area contributed by atoms with Gasteiger partial charge in [-0.3, -0.25) is 4.79 Å². The summed E-state index contributed by atoms with van der Waals surface area (Å²) < 4.78 is 4.82. The van der Waals surface area contributed by atoms with Gasteiger partial charge < -0.3 is 15.0 Å². The Morgan fingerprint density at radius 2 is 1.96 bits per heavy atom. The summed E-state index contributed by atoms with van der Waals surface area (Å²) in [5.74, 6) is -0.547. The number of carbonyl (C=O) groups is 2. The molecule has 1 fully saturated rings. The highest BCUT2D eigenvalue weighted by Crippen LogP contribution is 2.31. The maximum absolute atomic E-state index is 12.8. The maximum atomic E-state index is 12.8. The van der Waals surface area contributed by atoms with Gasteiger partial charge in [-0.15, -0.1) is 11.3 Å². The van der Waals surface area contributed by atoms with Gasteiger partial charge in [0.2, 0.25) is 0 Å². The number of aryl methyl sites for hydroxylation is 2. The lowest BCUT2D eigenvalue weighted by Crippen LogP contribution is -2.21. The van der Waals surface area contributed by atoms with E-state index in [0.29, 0.717) is 16.1 Å². The van der Waals surface area contributed by atoms with Gasteiger partial charge in [-0.05, 0) is 56.0 Å². The molecule has 0 radical (unpaired) electrons. The molecule has 2 heterocycles. The predicted octanol–water partition coefficient (Wildman–Crippen LogP) is 4.26. The number of nitrogens with one attached hydrogen (secondary N) is 1. The minimum absolute atomic E-state index is 0.139. The van der Waals surface area contributed by atoms with Crippen molar-refractivity contribution in [1.29, 1.82) is 0 Å². The van der Waals surface area contributed by atoms with E-state index >= 15 is 0 Å². The molecule has 0 saturated carbocycles. The van der Waals surface area contributed by atoms with Crippen molar-refractivity contribution in [3.8, 4) is 0 Å². The highest BCUT2D eigenvalue weighted by molar-refractivity contribution is 7.14. The molecule has 0 bridgehead atoms. The van der Waals surface area contributed by atoms with Crippen LogP contribution in [0, 0.1) is 6.92 Å².